The molecular formula is C23H25N2O3-. The molecule has 5 rings (SSSR count). The van der Waals surface area contributed by atoms with Crippen LogP contribution in [0, 0.1) is 13.8 Å². The number of aliphatic hydroxyl groups excluding tert-OH is 1. The number of benzene rings is 1. The topological polar surface area (TPSA) is 68.5 Å². The van der Waals surface area contributed by atoms with Gasteiger partial charge in [0.15, 0.2) is 5.78 Å². The Kier molecular flexibility index (Phi) is 3.67. The molecule has 3 heterocycles. The van der Waals surface area contributed by atoms with Gasteiger partial charge >= 0.3 is 0 Å². The zero-order valence-corrected chi connectivity index (χ0v) is 16.6. The molecule has 2 aromatic rings. The summed E-state index contributed by atoms with van der Waals surface area (Å²) in [4.78, 5) is 15.4. The van der Waals surface area contributed by atoms with Gasteiger partial charge in [-0.05, 0) is 62.3 Å². The van der Waals surface area contributed by atoms with Gasteiger partial charge in [0.05, 0.1) is 5.57 Å². The van der Waals surface area contributed by atoms with E-state index in [1.807, 2.05) is 37.6 Å². The van der Waals surface area contributed by atoms with Crippen LogP contribution in [0.15, 0.2) is 17.9 Å². The predicted octanol–water partition coefficient (Wildman–Crippen LogP) is 3.05. The Balaban J connectivity index is 1.62. The molecule has 1 atom stereocenters. The van der Waals surface area contributed by atoms with Gasteiger partial charge in [-0.3, -0.25) is 4.79 Å². The molecule has 1 unspecified atom stereocenters. The number of hydrogen-bond acceptors (Lipinski definition) is 4. The van der Waals surface area contributed by atoms with Crippen molar-refractivity contribution in [1.82, 2.24) is 4.57 Å². The van der Waals surface area contributed by atoms with Gasteiger partial charge in [-0.15, -0.1) is 0 Å². The third-order valence-electron chi connectivity index (χ3n) is 6.89. The van der Waals surface area contributed by atoms with Crippen molar-refractivity contribution in [3.63, 3.8) is 0 Å². The standard InChI is InChI=1S/C23H26N2O3/c1-12-10-16(13(2)24(12)3)18-22(27)19(23(18)28)17-11-14-6-4-8-25-9-5-7-15(20(14)25)21(17)26/h10-11,19,26-27H,4-9H2,1-3H3/p-1. The second-order valence-corrected chi connectivity index (χ2v) is 8.38. The number of carbonyl (C=O) groups excluding carboxylic acids is 1. The highest BCUT2D eigenvalue weighted by molar-refractivity contribution is 6.32. The van der Waals surface area contributed by atoms with Crippen LogP contribution in [0.1, 0.15) is 52.4 Å². The van der Waals surface area contributed by atoms with Crippen LogP contribution in [0.4, 0.5) is 5.69 Å². The van der Waals surface area contributed by atoms with Gasteiger partial charge in [0.25, 0.3) is 0 Å². The number of hydrogen-bond donors (Lipinski definition) is 1. The molecule has 0 fully saturated rings. The number of anilines is 1. The van der Waals surface area contributed by atoms with Crippen LogP contribution in [0.5, 0.6) is 5.75 Å². The van der Waals surface area contributed by atoms with Crippen LogP contribution in [0.25, 0.3) is 5.57 Å². The van der Waals surface area contributed by atoms with Crippen molar-refractivity contribution in [2.45, 2.75) is 45.4 Å². The van der Waals surface area contributed by atoms with Crippen molar-refractivity contribution < 1.29 is 15.0 Å². The zero-order valence-electron chi connectivity index (χ0n) is 16.6. The molecule has 146 valence electrons. The minimum atomic E-state index is -0.804. The van der Waals surface area contributed by atoms with Crippen molar-refractivity contribution in [2.24, 2.45) is 7.05 Å². The number of ketones is 1. The normalized spacial score (nSPS) is 21.0. The monoisotopic (exact) mass is 377 g/mol. The molecule has 5 nitrogen and oxygen atoms in total. The lowest BCUT2D eigenvalue weighted by molar-refractivity contribution is -0.270. The Labute approximate surface area is 164 Å². The molecule has 3 aliphatic rings. The number of allylic oxidation sites excluding steroid dienone is 2. The van der Waals surface area contributed by atoms with E-state index < -0.39 is 5.92 Å². The average Bonchev–Trinajstić information content (AvgIpc) is 2.93. The van der Waals surface area contributed by atoms with E-state index in [1.54, 1.807) is 0 Å². The van der Waals surface area contributed by atoms with E-state index in [4.69, 9.17) is 0 Å². The minimum absolute atomic E-state index is 0.0461. The van der Waals surface area contributed by atoms with E-state index in [0.717, 1.165) is 72.5 Å². The lowest BCUT2D eigenvalue weighted by Crippen LogP contribution is -2.36. The second kappa shape index (κ2) is 5.90. The molecule has 0 bridgehead atoms. The molecular weight excluding hydrogens is 352 g/mol. The molecule has 5 heteroatoms. The van der Waals surface area contributed by atoms with Crippen LogP contribution < -0.4 is 10.0 Å². The van der Waals surface area contributed by atoms with Crippen LogP contribution in [0.2, 0.25) is 0 Å². The Morgan fingerprint density at radius 1 is 1.14 bits per heavy atom. The first-order valence-electron chi connectivity index (χ1n) is 10.1. The van der Waals surface area contributed by atoms with Crippen molar-refractivity contribution in [2.75, 3.05) is 18.0 Å². The Bertz CT molecular complexity index is 1060. The molecule has 0 spiro atoms. The quantitative estimate of drug-likeness (QED) is 0.873. The van der Waals surface area contributed by atoms with Gasteiger partial charge in [-0.25, -0.2) is 0 Å². The summed E-state index contributed by atoms with van der Waals surface area (Å²) < 4.78 is 2.01. The highest BCUT2D eigenvalue weighted by Crippen LogP contribution is 2.50. The first kappa shape index (κ1) is 17.4. The highest BCUT2D eigenvalue weighted by Gasteiger charge is 2.43. The third kappa shape index (κ3) is 2.16. The van der Waals surface area contributed by atoms with Gasteiger partial charge in [0.2, 0.25) is 0 Å². The summed E-state index contributed by atoms with van der Waals surface area (Å²) >= 11 is 0. The lowest BCUT2D eigenvalue weighted by atomic mass is 9.73. The summed E-state index contributed by atoms with van der Waals surface area (Å²) in [7, 11) is 1.95. The number of rotatable bonds is 2. The number of carbonyl (C=O) groups is 1. The molecule has 0 saturated carbocycles. The van der Waals surface area contributed by atoms with Gasteiger partial charge in [-0.2, -0.15) is 0 Å². The molecule has 0 radical (unpaired) electrons. The van der Waals surface area contributed by atoms with E-state index in [1.165, 1.54) is 0 Å². The third-order valence-corrected chi connectivity index (χ3v) is 6.89. The minimum Gasteiger partial charge on any atom is -0.872 e. The van der Waals surface area contributed by atoms with Gasteiger partial charge in [0, 0.05) is 42.8 Å². The SMILES string of the molecule is Cc1cc(C2=C(O)C(c3cc4c5c(c3[O-])CCCN5CCC4)C2=O)c(C)n1C. The molecule has 1 aromatic heterocycles. The second-order valence-electron chi connectivity index (χ2n) is 8.38. The van der Waals surface area contributed by atoms with Crippen molar-refractivity contribution >= 4 is 17.0 Å². The van der Waals surface area contributed by atoms with Gasteiger partial charge in [-0.1, -0.05) is 11.8 Å². The van der Waals surface area contributed by atoms with E-state index in [2.05, 4.69) is 4.90 Å². The van der Waals surface area contributed by atoms with Crippen LogP contribution in [0.3, 0.4) is 0 Å². The largest absolute Gasteiger partial charge is 0.872 e. The van der Waals surface area contributed by atoms with Crippen LogP contribution >= 0.6 is 0 Å². The fraction of sp³-hybridized carbons (Fsp3) is 0.435. The molecule has 1 N–H and O–H groups in total. The predicted molar refractivity (Wildman–Crippen MR) is 107 cm³/mol. The summed E-state index contributed by atoms with van der Waals surface area (Å²) in [6.45, 7) is 5.93. The van der Waals surface area contributed by atoms with Crippen molar-refractivity contribution in [3.8, 4) is 5.75 Å². The molecule has 2 aliphatic heterocycles. The van der Waals surface area contributed by atoms with E-state index in [9.17, 15) is 15.0 Å². The zero-order chi connectivity index (χ0) is 19.7. The maximum atomic E-state index is 13.2. The summed E-state index contributed by atoms with van der Waals surface area (Å²) in [6.07, 6.45) is 3.74. The fourth-order valence-corrected chi connectivity index (χ4v) is 5.20. The molecule has 1 aromatic carbocycles. The first-order chi connectivity index (χ1) is 13.4. The summed E-state index contributed by atoms with van der Waals surface area (Å²) in [5, 5.41) is 24.1. The summed E-state index contributed by atoms with van der Waals surface area (Å²) in [5.74, 6) is -0.943. The number of aryl methyl sites for hydroxylation is 2. The molecule has 28 heavy (non-hydrogen) atoms. The number of aromatic nitrogens is 1. The Morgan fingerprint density at radius 2 is 1.86 bits per heavy atom. The first-order valence-corrected chi connectivity index (χ1v) is 10.1. The maximum absolute atomic E-state index is 13.2. The van der Waals surface area contributed by atoms with Gasteiger partial charge in [0.1, 0.15) is 11.7 Å². The van der Waals surface area contributed by atoms with Crippen LogP contribution in [-0.4, -0.2) is 28.5 Å². The van der Waals surface area contributed by atoms with Crippen molar-refractivity contribution in [1.29, 1.82) is 0 Å². The number of aliphatic hydroxyl groups is 1. The smallest absolute Gasteiger partial charge is 0.181 e. The Hall–Kier alpha value is -2.69. The molecule has 1 aliphatic carbocycles. The molecule has 0 saturated heterocycles. The average molecular weight is 377 g/mol. The summed E-state index contributed by atoms with van der Waals surface area (Å²) in [5.41, 5.74) is 6.72. The van der Waals surface area contributed by atoms with E-state index in [-0.39, 0.29) is 17.3 Å². The Morgan fingerprint density at radius 3 is 2.50 bits per heavy atom. The number of Topliss-reactive ketones (excluding diaryl/α,β-unsaturated/α-hetero) is 1. The van der Waals surface area contributed by atoms with Crippen LogP contribution in [-0.2, 0) is 24.7 Å². The lowest BCUT2D eigenvalue weighted by Gasteiger charge is -2.41. The maximum Gasteiger partial charge on any atom is 0.181 e. The van der Waals surface area contributed by atoms with E-state index >= 15 is 0 Å². The molecule has 0 amide bonds. The van der Waals surface area contributed by atoms with Crippen molar-refractivity contribution in [3.05, 3.63) is 51.5 Å². The van der Waals surface area contributed by atoms with E-state index in [0.29, 0.717) is 11.1 Å². The van der Waals surface area contributed by atoms with Gasteiger partial charge < -0.3 is 19.7 Å². The summed E-state index contributed by atoms with van der Waals surface area (Å²) in [6, 6.07) is 3.83. The highest BCUT2D eigenvalue weighted by atomic mass is 16.3. The fourth-order valence-electron chi connectivity index (χ4n) is 5.20. The number of nitrogens with zero attached hydrogens (tertiary/aromatic N) is 2.